The second-order valence-corrected chi connectivity index (χ2v) is 5.29. The van der Waals surface area contributed by atoms with E-state index in [4.69, 9.17) is 8.85 Å². The van der Waals surface area contributed by atoms with Gasteiger partial charge in [-0.3, -0.25) is 0 Å². The normalized spacial score (nSPS) is 9.31. The van der Waals surface area contributed by atoms with Gasteiger partial charge >= 0.3 is 15.3 Å². The SMILES string of the molecule is C=CC(=O)OCCC.[CH2]CC[SiH](OC)OC. The second kappa shape index (κ2) is 14.3. The lowest BCUT2D eigenvalue weighted by Crippen LogP contribution is -2.17. The molecule has 0 rings (SSSR count). The molecule has 0 spiro atoms. The molecule has 0 unspecified atom stereocenters. The van der Waals surface area contributed by atoms with E-state index in [1.54, 1.807) is 14.2 Å². The van der Waals surface area contributed by atoms with E-state index >= 15 is 0 Å². The molecule has 0 aliphatic heterocycles. The first-order chi connectivity index (χ1) is 7.65. The maximum atomic E-state index is 10.2. The molecule has 0 aromatic rings. The molecule has 0 saturated heterocycles. The second-order valence-electron chi connectivity index (χ2n) is 2.91. The predicted octanol–water partition coefficient (Wildman–Crippen LogP) is 1.85. The van der Waals surface area contributed by atoms with Crippen LogP contribution in [-0.4, -0.2) is 36.1 Å². The summed E-state index contributed by atoms with van der Waals surface area (Å²) in [4.78, 5) is 10.2. The lowest BCUT2D eigenvalue weighted by Gasteiger charge is -2.07. The van der Waals surface area contributed by atoms with Crippen molar-refractivity contribution in [1.29, 1.82) is 0 Å². The highest BCUT2D eigenvalue weighted by molar-refractivity contribution is 6.44. The summed E-state index contributed by atoms with van der Waals surface area (Å²) in [7, 11) is 2.13. The van der Waals surface area contributed by atoms with Crippen molar-refractivity contribution in [2.45, 2.75) is 25.8 Å². The Labute approximate surface area is 100 Å². The molecular weight excluding hydrogens is 224 g/mol. The Morgan fingerprint density at radius 3 is 2.19 bits per heavy atom. The van der Waals surface area contributed by atoms with E-state index < -0.39 is 9.28 Å². The van der Waals surface area contributed by atoms with Crippen LogP contribution in [0, 0.1) is 6.92 Å². The number of carbonyl (C=O) groups excluding carboxylic acids is 1. The van der Waals surface area contributed by atoms with E-state index in [0.29, 0.717) is 6.61 Å². The Kier molecular flexibility index (Phi) is 15.9. The number of hydrogen-bond acceptors (Lipinski definition) is 4. The van der Waals surface area contributed by atoms with Gasteiger partial charge in [0.2, 0.25) is 0 Å². The minimum Gasteiger partial charge on any atom is -0.463 e. The summed E-state index contributed by atoms with van der Waals surface area (Å²) in [6.45, 7) is 9.37. The third kappa shape index (κ3) is 13.3. The summed E-state index contributed by atoms with van der Waals surface area (Å²) < 4.78 is 14.6. The molecule has 95 valence electrons. The smallest absolute Gasteiger partial charge is 0.330 e. The molecule has 1 radical (unpaired) electrons. The van der Waals surface area contributed by atoms with Crippen LogP contribution in [0.2, 0.25) is 6.04 Å². The van der Waals surface area contributed by atoms with Gasteiger partial charge in [-0.15, -0.1) is 0 Å². The number of carbonyl (C=O) groups is 1. The third-order valence-corrected chi connectivity index (χ3v) is 3.51. The number of hydrogen-bond donors (Lipinski definition) is 0. The van der Waals surface area contributed by atoms with Gasteiger partial charge in [0, 0.05) is 20.3 Å². The number of esters is 1. The van der Waals surface area contributed by atoms with Gasteiger partial charge < -0.3 is 13.6 Å². The molecule has 0 bridgehead atoms. The quantitative estimate of drug-likeness (QED) is 0.391. The summed E-state index contributed by atoms with van der Waals surface area (Å²) >= 11 is 0. The molecule has 0 aliphatic carbocycles. The summed E-state index contributed by atoms with van der Waals surface area (Å²) in [5.74, 6) is -0.341. The largest absolute Gasteiger partial charge is 0.463 e. The Hall–Kier alpha value is -0.653. The zero-order valence-corrected chi connectivity index (χ0v) is 11.7. The van der Waals surface area contributed by atoms with Crippen LogP contribution in [0.15, 0.2) is 12.7 Å². The molecule has 5 heteroatoms. The first-order valence-electron chi connectivity index (χ1n) is 5.30. The van der Waals surface area contributed by atoms with Gasteiger partial charge in [-0.05, 0) is 12.5 Å². The third-order valence-electron chi connectivity index (χ3n) is 1.58. The molecule has 0 aliphatic rings. The molecule has 0 aromatic carbocycles. The molecule has 0 heterocycles. The zero-order chi connectivity index (χ0) is 12.8. The fraction of sp³-hybridized carbons (Fsp3) is 0.636. The van der Waals surface area contributed by atoms with Crippen LogP contribution in [0.4, 0.5) is 0 Å². The Bertz CT molecular complexity index is 169. The molecule has 0 fully saturated rings. The molecule has 0 N–H and O–H groups in total. The summed E-state index contributed by atoms with van der Waals surface area (Å²) in [5, 5.41) is 0. The van der Waals surface area contributed by atoms with Gasteiger partial charge in [0.05, 0.1) is 6.61 Å². The van der Waals surface area contributed by atoms with Crippen LogP contribution in [0.3, 0.4) is 0 Å². The van der Waals surface area contributed by atoms with Crippen molar-refractivity contribution in [2.75, 3.05) is 20.8 Å². The first kappa shape index (κ1) is 17.7. The van der Waals surface area contributed by atoms with E-state index in [9.17, 15) is 4.79 Å². The standard InChI is InChI=1S/C6H10O2.C5H13O2Si/c1-3-5-8-6(7)4-2;1-4-5-8(6-2)7-3/h4H,2-3,5H2,1H3;8H,1,4-5H2,2-3H3. The van der Waals surface area contributed by atoms with Crippen molar-refractivity contribution in [1.82, 2.24) is 0 Å². The highest BCUT2D eigenvalue weighted by Crippen LogP contribution is 1.96. The van der Waals surface area contributed by atoms with Crippen LogP contribution in [-0.2, 0) is 18.4 Å². The maximum Gasteiger partial charge on any atom is 0.330 e. The first-order valence-corrected chi connectivity index (χ1v) is 7.06. The molecule has 0 amide bonds. The molecule has 0 atom stereocenters. The van der Waals surface area contributed by atoms with Crippen LogP contribution >= 0.6 is 0 Å². The number of rotatable bonds is 7. The van der Waals surface area contributed by atoms with E-state index in [2.05, 4.69) is 18.2 Å². The van der Waals surface area contributed by atoms with Gasteiger partial charge in [0.15, 0.2) is 0 Å². The number of ether oxygens (including phenoxy) is 1. The average Bonchev–Trinajstić information content (AvgIpc) is 2.33. The minimum atomic E-state index is -1.25. The zero-order valence-electron chi connectivity index (χ0n) is 10.5. The topological polar surface area (TPSA) is 44.8 Å². The van der Waals surface area contributed by atoms with Gasteiger partial charge in [-0.1, -0.05) is 26.8 Å². The molecule has 0 saturated carbocycles. The van der Waals surface area contributed by atoms with Gasteiger partial charge in [-0.25, -0.2) is 4.79 Å². The Morgan fingerprint density at radius 2 is 1.94 bits per heavy atom. The molecule has 4 nitrogen and oxygen atoms in total. The summed E-state index contributed by atoms with van der Waals surface area (Å²) in [6.07, 6.45) is 2.94. The van der Waals surface area contributed by atoms with Crippen LogP contribution in [0.25, 0.3) is 0 Å². The monoisotopic (exact) mass is 247 g/mol. The fourth-order valence-corrected chi connectivity index (χ4v) is 1.76. The predicted molar refractivity (Wildman–Crippen MR) is 67.4 cm³/mol. The van der Waals surface area contributed by atoms with E-state index in [1.165, 1.54) is 0 Å². The lowest BCUT2D eigenvalue weighted by molar-refractivity contribution is -0.137. The van der Waals surface area contributed by atoms with Crippen LogP contribution < -0.4 is 0 Å². The van der Waals surface area contributed by atoms with E-state index in [1.807, 2.05) is 6.92 Å². The average molecular weight is 247 g/mol. The molecule has 16 heavy (non-hydrogen) atoms. The van der Waals surface area contributed by atoms with E-state index in [0.717, 1.165) is 25.0 Å². The summed E-state index contributed by atoms with van der Waals surface area (Å²) in [6, 6.07) is 1.01. The van der Waals surface area contributed by atoms with Crippen molar-refractivity contribution in [3.8, 4) is 0 Å². The lowest BCUT2D eigenvalue weighted by atomic mass is 10.5. The van der Waals surface area contributed by atoms with E-state index in [-0.39, 0.29) is 5.97 Å². The minimum absolute atomic E-state index is 0.341. The Morgan fingerprint density at radius 1 is 1.38 bits per heavy atom. The highest BCUT2D eigenvalue weighted by atomic mass is 28.3. The van der Waals surface area contributed by atoms with Gasteiger partial charge in [-0.2, -0.15) is 0 Å². The van der Waals surface area contributed by atoms with Gasteiger partial charge in [0.25, 0.3) is 0 Å². The fourth-order valence-electron chi connectivity index (χ4n) is 0.760. The van der Waals surface area contributed by atoms with Crippen molar-refractivity contribution in [3.05, 3.63) is 19.6 Å². The highest BCUT2D eigenvalue weighted by Gasteiger charge is 2.05. The van der Waals surface area contributed by atoms with Crippen molar-refractivity contribution in [2.24, 2.45) is 0 Å². The molecule has 0 aromatic heterocycles. The van der Waals surface area contributed by atoms with Crippen molar-refractivity contribution >= 4 is 15.3 Å². The maximum absolute atomic E-state index is 10.2. The van der Waals surface area contributed by atoms with Gasteiger partial charge in [0.1, 0.15) is 0 Å². The van der Waals surface area contributed by atoms with Crippen LogP contribution in [0.1, 0.15) is 19.8 Å². The van der Waals surface area contributed by atoms with Crippen LogP contribution in [0.5, 0.6) is 0 Å². The van der Waals surface area contributed by atoms with Crippen molar-refractivity contribution < 1.29 is 18.4 Å². The molecular formula is C11H23O4Si. The van der Waals surface area contributed by atoms with Crippen molar-refractivity contribution in [3.63, 3.8) is 0 Å². The summed E-state index contributed by atoms with van der Waals surface area (Å²) in [5.41, 5.74) is 0. The Balaban J connectivity index is 0.